The van der Waals surface area contributed by atoms with Crippen LogP contribution in [0, 0.1) is 10.1 Å². The first-order valence-electron chi connectivity index (χ1n) is 7.46. The maximum Gasteiger partial charge on any atom is 0.338 e. The van der Waals surface area contributed by atoms with Gasteiger partial charge in [0.05, 0.1) is 15.4 Å². The largest absolute Gasteiger partial charge is 0.452 e. The van der Waals surface area contributed by atoms with Crippen LogP contribution >= 0.6 is 11.8 Å². The summed E-state index contributed by atoms with van der Waals surface area (Å²) in [6.45, 7) is 1.74. The van der Waals surface area contributed by atoms with Crippen molar-refractivity contribution in [3.05, 3.63) is 64.2 Å². The van der Waals surface area contributed by atoms with Crippen molar-refractivity contribution >= 4 is 29.3 Å². The van der Waals surface area contributed by atoms with Crippen LogP contribution in [0.4, 0.5) is 5.69 Å². The lowest BCUT2D eigenvalue weighted by Gasteiger charge is -2.07. The molecule has 0 aliphatic carbocycles. The minimum Gasteiger partial charge on any atom is -0.452 e. The van der Waals surface area contributed by atoms with Gasteiger partial charge < -0.3 is 10.1 Å². The van der Waals surface area contributed by atoms with Crippen molar-refractivity contribution in [2.24, 2.45) is 0 Å². The zero-order chi connectivity index (χ0) is 18.2. The summed E-state index contributed by atoms with van der Waals surface area (Å²) in [6, 6.07) is 13.3. The fraction of sp³-hybridized carbons (Fsp3) is 0.176. The van der Waals surface area contributed by atoms with Gasteiger partial charge in [-0.2, -0.15) is 0 Å². The zero-order valence-electron chi connectivity index (χ0n) is 13.4. The van der Waals surface area contributed by atoms with E-state index >= 15 is 0 Å². The fourth-order valence-corrected chi connectivity index (χ4v) is 2.87. The molecule has 2 aromatic carbocycles. The third-order valence-corrected chi connectivity index (χ3v) is 4.14. The number of amides is 1. The van der Waals surface area contributed by atoms with Crippen molar-refractivity contribution in [2.75, 3.05) is 13.2 Å². The second kappa shape index (κ2) is 8.84. The van der Waals surface area contributed by atoms with Crippen molar-refractivity contribution in [3.63, 3.8) is 0 Å². The Bertz CT molecular complexity index is 780. The molecule has 0 saturated carbocycles. The van der Waals surface area contributed by atoms with Gasteiger partial charge in [0.15, 0.2) is 6.61 Å². The quantitative estimate of drug-likeness (QED) is 0.463. The summed E-state index contributed by atoms with van der Waals surface area (Å²) in [7, 11) is 0. The van der Waals surface area contributed by atoms with Crippen LogP contribution in [0.15, 0.2) is 58.3 Å². The zero-order valence-corrected chi connectivity index (χ0v) is 14.2. The van der Waals surface area contributed by atoms with E-state index in [9.17, 15) is 19.7 Å². The Kier molecular flexibility index (Phi) is 6.53. The minimum absolute atomic E-state index is 0.0217. The molecule has 0 aromatic heterocycles. The predicted molar refractivity (Wildman–Crippen MR) is 92.6 cm³/mol. The molecule has 7 nitrogen and oxygen atoms in total. The van der Waals surface area contributed by atoms with Crippen LogP contribution in [0.5, 0.6) is 0 Å². The summed E-state index contributed by atoms with van der Waals surface area (Å²) in [6.07, 6.45) is 0. The van der Waals surface area contributed by atoms with E-state index in [-0.39, 0.29) is 11.3 Å². The normalized spacial score (nSPS) is 10.1. The lowest BCUT2D eigenvalue weighted by atomic mass is 10.2. The fourth-order valence-electron chi connectivity index (χ4n) is 1.95. The molecule has 1 amide bonds. The Morgan fingerprint density at radius 1 is 1.20 bits per heavy atom. The smallest absolute Gasteiger partial charge is 0.338 e. The molecule has 130 valence electrons. The number of nitrogens with one attached hydrogen (secondary N) is 1. The molecule has 1 N–H and O–H groups in total. The monoisotopic (exact) mass is 360 g/mol. The second-order valence-corrected chi connectivity index (χ2v) is 6.00. The third-order valence-electron chi connectivity index (χ3n) is 3.07. The SMILES string of the molecule is CCNC(=O)COC(=O)c1ccc(Sc2ccccc2)c([N+](=O)[O-])c1. The van der Waals surface area contributed by atoms with Gasteiger partial charge in [0.2, 0.25) is 0 Å². The van der Waals surface area contributed by atoms with E-state index in [2.05, 4.69) is 5.32 Å². The highest BCUT2D eigenvalue weighted by Gasteiger charge is 2.19. The van der Waals surface area contributed by atoms with Crippen LogP contribution in [0.1, 0.15) is 17.3 Å². The summed E-state index contributed by atoms with van der Waals surface area (Å²) in [5.74, 6) is -1.22. The van der Waals surface area contributed by atoms with Crippen LogP contribution in [0.3, 0.4) is 0 Å². The van der Waals surface area contributed by atoms with Gasteiger partial charge in [0.25, 0.3) is 11.6 Å². The molecule has 2 rings (SSSR count). The van der Waals surface area contributed by atoms with Gasteiger partial charge in [-0.3, -0.25) is 14.9 Å². The topological polar surface area (TPSA) is 98.5 Å². The van der Waals surface area contributed by atoms with Crippen molar-refractivity contribution in [3.8, 4) is 0 Å². The highest BCUT2D eigenvalue weighted by molar-refractivity contribution is 7.99. The van der Waals surface area contributed by atoms with Gasteiger partial charge >= 0.3 is 5.97 Å². The van der Waals surface area contributed by atoms with E-state index in [0.717, 1.165) is 11.0 Å². The number of benzene rings is 2. The first kappa shape index (κ1) is 18.5. The van der Waals surface area contributed by atoms with E-state index in [1.165, 1.54) is 23.9 Å². The molecule has 0 saturated heterocycles. The van der Waals surface area contributed by atoms with Crippen LogP contribution in [0.2, 0.25) is 0 Å². The van der Waals surface area contributed by atoms with Gasteiger partial charge in [-0.15, -0.1) is 0 Å². The van der Waals surface area contributed by atoms with E-state index < -0.39 is 23.4 Å². The van der Waals surface area contributed by atoms with E-state index in [4.69, 9.17) is 4.74 Å². The molecule has 8 heteroatoms. The number of hydrogen-bond donors (Lipinski definition) is 1. The van der Waals surface area contributed by atoms with Crippen LogP contribution < -0.4 is 5.32 Å². The highest BCUT2D eigenvalue weighted by Crippen LogP contribution is 2.35. The molecule has 2 aromatic rings. The standard InChI is InChI=1S/C17H16N2O5S/c1-2-18-16(20)11-24-17(21)12-8-9-15(14(10-12)19(22)23)25-13-6-4-3-5-7-13/h3-10H,2,11H2,1H3,(H,18,20). The van der Waals surface area contributed by atoms with Crippen LogP contribution in [0.25, 0.3) is 0 Å². The molecule has 0 unspecified atom stereocenters. The summed E-state index contributed by atoms with van der Waals surface area (Å²) in [5, 5.41) is 13.8. The molecule has 0 fully saturated rings. The molecule has 0 bridgehead atoms. The highest BCUT2D eigenvalue weighted by atomic mass is 32.2. The number of carbonyl (C=O) groups excluding carboxylic acids is 2. The number of likely N-dealkylation sites (N-methyl/N-ethyl adjacent to an activating group) is 1. The minimum atomic E-state index is -0.786. The number of carbonyl (C=O) groups is 2. The van der Waals surface area contributed by atoms with E-state index in [0.29, 0.717) is 11.4 Å². The number of nitrogens with zero attached hydrogens (tertiary/aromatic N) is 1. The van der Waals surface area contributed by atoms with Gasteiger partial charge in [-0.25, -0.2) is 4.79 Å². The molecular formula is C17H16N2O5S. The molecule has 0 atom stereocenters. The summed E-state index contributed by atoms with van der Waals surface area (Å²) >= 11 is 1.23. The maximum atomic E-state index is 12.0. The molecule has 0 aliphatic rings. The molecule has 25 heavy (non-hydrogen) atoms. The molecular weight excluding hydrogens is 344 g/mol. The van der Waals surface area contributed by atoms with Crippen molar-refractivity contribution < 1.29 is 19.2 Å². The maximum absolute atomic E-state index is 12.0. The predicted octanol–water partition coefficient (Wildman–Crippen LogP) is 3.04. The van der Waals surface area contributed by atoms with Gasteiger partial charge in [-0.05, 0) is 31.2 Å². The molecule has 0 spiro atoms. The second-order valence-electron chi connectivity index (χ2n) is 4.88. The van der Waals surface area contributed by atoms with Gasteiger partial charge in [0.1, 0.15) is 0 Å². The van der Waals surface area contributed by atoms with E-state index in [1.807, 2.05) is 30.3 Å². The van der Waals surface area contributed by atoms with Crippen molar-refractivity contribution in [1.29, 1.82) is 0 Å². The number of nitro benzene ring substituents is 1. The number of rotatable bonds is 7. The average Bonchev–Trinajstić information content (AvgIpc) is 2.61. The Labute approximate surface area is 148 Å². The van der Waals surface area contributed by atoms with E-state index in [1.54, 1.807) is 6.92 Å². The number of nitro groups is 1. The molecule has 0 heterocycles. The number of ether oxygens (including phenoxy) is 1. The Hall–Kier alpha value is -2.87. The van der Waals surface area contributed by atoms with Gasteiger partial charge in [0, 0.05) is 17.5 Å². The summed E-state index contributed by atoms with van der Waals surface area (Å²) < 4.78 is 4.85. The first-order chi connectivity index (χ1) is 12.0. The third kappa shape index (κ3) is 5.32. The summed E-state index contributed by atoms with van der Waals surface area (Å²) in [4.78, 5) is 35.3. The lowest BCUT2D eigenvalue weighted by Crippen LogP contribution is -2.28. The Balaban J connectivity index is 2.16. The number of hydrogen-bond acceptors (Lipinski definition) is 6. The average molecular weight is 360 g/mol. The molecule has 0 aliphatic heterocycles. The van der Waals surface area contributed by atoms with Crippen molar-refractivity contribution in [1.82, 2.24) is 5.32 Å². The summed E-state index contributed by atoms with van der Waals surface area (Å²) in [5.41, 5.74) is -0.172. The molecule has 0 radical (unpaired) electrons. The van der Waals surface area contributed by atoms with Gasteiger partial charge in [-0.1, -0.05) is 30.0 Å². The van der Waals surface area contributed by atoms with Crippen LogP contribution in [-0.4, -0.2) is 30.0 Å². The Morgan fingerprint density at radius 3 is 2.56 bits per heavy atom. The van der Waals surface area contributed by atoms with Crippen LogP contribution in [-0.2, 0) is 9.53 Å². The first-order valence-corrected chi connectivity index (χ1v) is 8.28. The van der Waals surface area contributed by atoms with Crippen molar-refractivity contribution in [2.45, 2.75) is 16.7 Å². The number of esters is 1. The Morgan fingerprint density at radius 2 is 1.92 bits per heavy atom. The lowest BCUT2D eigenvalue weighted by molar-refractivity contribution is -0.387.